The zero-order valence-corrected chi connectivity index (χ0v) is 14.1. The van der Waals surface area contributed by atoms with Crippen LogP contribution >= 0.6 is 15.9 Å². The molecule has 0 aromatic rings. The maximum Gasteiger partial charge on any atom is 0.152 e. The SMILES string of the molecule is [Br-].[NH3+]C(Br)(CC1CCCCC1)C1CCCCC1. The van der Waals surface area contributed by atoms with Crippen molar-refractivity contribution in [2.45, 2.75) is 75.1 Å². The van der Waals surface area contributed by atoms with Crippen molar-refractivity contribution < 1.29 is 22.7 Å². The van der Waals surface area contributed by atoms with Gasteiger partial charge in [0.2, 0.25) is 0 Å². The van der Waals surface area contributed by atoms with Gasteiger partial charge in [-0.2, -0.15) is 0 Å². The number of quaternary nitrogens is 1. The topological polar surface area (TPSA) is 27.6 Å². The fourth-order valence-electron chi connectivity index (χ4n) is 3.66. The Bertz CT molecular complexity index is 206. The smallest absolute Gasteiger partial charge is 0.152 e. The Morgan fingerprint density at radius 3 is 1.88 bits per heavy atom. The Morgan fingerprint density at radius 1 is 0.882 bits per heavy atom. The van der Waals surface area contributed by atoms with Crippen molar-refractivity contribution >= 4 is 15.9 Å². The second-order valence-electron chi connectivity index (χ2n) is 6.08. The summed E-state index contributed by atoms with van der Waals surface area (Å²) in [6, 6.07) is 0. The molecule has 0 bridgehead atoms. The van der Waals surface area contributed by atoms with Crippen molar-refractivity contribution in [3.05, 3.63) is 0 Å². The summed E-state index contributed by atoms with van der Waals surface area (Å²) in [6.07, 6.45) is 15.7. The molecule has 3 heteroatoms. The Labute approximate surface area is 125 Å². The Hall–Kier alpha value is 0.920. The van der Waals surface area contributed by atoms with Crippen molar-refractivity contribution in [2.75, 3.05) is 0 Å². The van der Waals surface area contributed by atoms with Crippen LogP contribution in [0.1, 0.15) is 70.6 Å². The molecule has 102 valence electrons. The molecule has 0 heterocycles. The van der Waals surface area contributed by atoms with Crippen molar-refractivity contribution in [3.63, 3.8) is 0 Å². The summed E-state index contributed by atoms with van der Waals surface area (Å²) < 4.78 is 0.190. The monoisotopic (exact) mass is 367 g/mol. The normalized spacial score (nSPS) is 27.2. The lowest BCUT2D eigenvalue weighted by Gasteiger charge is -2.35. The van der Waals surface area contributed by atoms with E-state index in [1.54, 1.807) is 0 Å². The van der Waals surface area contributed by atoms with E-state index in [9.17, 15) is 0 Å². The third kappa shape index (κ3) is 4.83. The summed E-state index contributed by atoms with van der Waals surface area (Å²) in [5, 5.41) is 0. The van der Waals surface area contributed by atoms with E-state index in [4.69, 9.17) is 0 Å². The van der Waals surface area contributed by atoms with Crippen LogP contribution in [0.25, 0.3) is 0 Å². The van der Waals surface area contributed by atoms with Crippen LogP contribution in [-0.2, 0) is 0 Å². The van der Waals surface area contributed by atoms with Gasteiger partial charge in [0.25, 0.3) is 0 Å². The van der Waals surface area contributed by atoms with Crippen LogP contribution < -0.4 is 22.7 Å². The van der Waals surface area contributed by atoms with Crippen LogP contribution in [0.3, 0.4) is 0 Å². The molecule has 0 saturated heterocycles. The second kappa shape index (κ2) is 7.49. The zero-order chi connectivity index (χ0) is 11.4. The highest BCUT2D eigenvalue weighted by molar-refractivity contribution is 9.10. The van der Waals surface area contributed by atoms with E-state index in [2.05, 4.69) is 21.7 Å². The summed E-state index contributed by atoms with van der Waals surface area (Å²) >= 11 is 3.97. The average molecular weight is 369 g/mol. The quantitative estimate of drug-likeness (QED) is 0.565. The lowest BCUT2D eigenvalue weighted by Crippen LogP contribution is -3.00. The highest BCUT2D eigenvalue weighted by atomic mass is 79.9. The minimum Gasteiger partial charge on any atom is -1.00 e. The predicted octanol–water partition coefficient (Wildman–Crippen LogP) is 0.874. The molecule has 2 aliphatic carbocycles. The molecule has 0 amide bonds. The van der Waals surface area contributed by atoms with Crippen LogP contribution in [0.5, 0.6) is 0 Å². The van der Waals surface area contributed by atoms with Gasteiger partial charge in [-0.1, -0.05) is 51.4 Å². The van der Waals surface area contributed by atoms with Gasteiger partial charge in [0, 0.05) is 12.3 Å². The molecular weight excluding hydrogens is 342 g/mol. The fraction of sp³-hybridized carbons (Fsp3) is 1.00. The second-order valence-corrected chi connectivity index (χ2v) is 7.66. The average Bonchev–Trinajstić information content (AvgIpc) is 2.31. The van der Waals surface area contributed by atoms with E-state index in [1.165, 1.54) is 70.6 Å². The molecule has 2 rings (SSSR count). The van der Waals surface area contributed by atoms with Crippen LogP contribution in [0.4, 0.5) is 0 Å². The maximum atomic E-state index is 4.50. The molecule has 1 nitrogen and oxygen atoms in total. The van der Waals surface area contributed by atoms with Gasteiger partial charge in [0.1, 0.15) is 0 Å². The van der Waals surface area contributed by atoms with Gasteiger partial charge in [-0.05, 0) is 34.7 Å². The van der Waals surface area contributed by atoms with E-state index < -0.39 is 0 Å². The first-order chi connectivity index (χ1) is 7.68. The molecule has 17 heavy (non-hydrogen) atoms. The molecule has 3 N–H and O–H groups in total. The van der Waals surface area contributed by atoms with Gasteiger partial charge in [0.05, 0.1) is 0 Å². The van der Waals surface area contributed by atoms with E-state index >= 15 is 0 Å². The Morgan fingerprint density at radius 2 is 1.35 bits per heavy atom. The minimum atomic E-state index is 0. The van der Waals surface area contributed by atoms with Crippen LogP contribution in [-0.4, -0.2) is 4.45 Å². The summed E-state index contributed by atoms with van der Waals surface area (Å²) in [6.45, 7) is 0. The first kappa shape index (κ1) is 16.0. The maximum absolute atomic E-state index is 4.50. The van der Waals surface area contributed by atoms with Gasteiger partial charge >= 0.3 is 0 Å². The minimum absolute atomic E-state index is 0. The summed E-state index contributed by atoms with van der Waals surface area (Å²) in [5.74, 6) is 1.79. The van der Waals surface area contributed by atoms with Crippen molar-refractivity contribution in [1.29, 1.82) is 0 Å². The number of rotatable bonds is 3. The largest absolute Gasteiger partial charge is 1.00 e. The summed E-state index contributed by atoms with van der Waals surface area (Å²) in [7, 11) is 0. The third-order valence-electron chi connectivity index (χ3n) is 4.69. The van der Waals surface area contributed by atoms with E-state index in [0.29, 0.717) is 0 Å². The summed E-state index contributed by atoms with van der Waals surface area (Å²) in [5.41, 5.74) is 4.50. The number of hydrogen-bond donors (Lipinski definition) is 1. The molecule has 0 aromatic heterocycles. The van der Waals surface area contributed by atoms with Crippen LogP contribution in [0.2, 0.25) is 0 Å². The first-order valence-electron chi connectivity index (χ1n) is 7.23. The third-order valence-corrected chi connectivity index (χ3v) is 5.66. The van der Waals surface area contributed by atoms with Crippen molar-refractivity contribution in [2.24, 2.45) is 11.8 Å². The first-order valence-corrected chi connectivity index (χ1v) is 8.02. The van der Waals surface area contributed by atoms with Gasteiger partial charge in [-0.15, -0.1) is 0 Å². The Kier molecular flexibility index (Phi) is 7.04. The molecule has 2 aliphatic rings. The van der Waals surface area contributed by atoms with Crippen molar-refractivity contribution in [1.82, 2.24) is 0 Å². The molecule has 2 saturated carbocycles. The van der Waals surface area contributed by atoms with Crippen LogP contribution in [0, 0.1) is 11.8 Å². The van der Waals surface area contributed by atoms with Gasteiger partial charge in [-0.3, -0.25) is 0 Å². The van der Waals surface area contributed by atoms with E-state index in [0.717, 1.165) is 11.8 Å². The molecule has 0 aromatic carbocycles. The molecule has 0 aliphatic heterocycles. The summed E-state index contributed by atoms with van der Waals surface area (Å²) in [4.78, 5) is 0. The van der Waals surface area contributed by atoms with Gasteiger partial charge < -0.3 is 22.7 Å². The van der Waals surface area contributed by atoms with Gasteiger partial charge in [-0.25, -0.2) is 0 Å². The lowest BCUT2D eigenvalue weighted by molar-refractivity contribution is -0.454. The predicted molar refractivity (Wildman–Crippen MR) is 72.3 cm³/mol. The van der Waals surface area contributed by atoms with E-state index in [-0.39, 0.29) is 21.4 Å². The molecular formula is C14H27Br2N. The molecule has 2 fully saturated rings. The fourth-order valence-corrected chi connectivity index (χ4v) is 4.57. The highest BCUT2D eigenvalue weighted by Crippen LogP contribution is 2.40. The molecule has 1 atom stereocenters. The van der Waals surface area contributed by atoms with Crippen LogP contribution in [0.15, 0.2) is 0 Å². The number of hydrogen-bond acceptors (Lipinski definition) is 0. The molecule has 0 spiro atoms. The number of alkyl halides is 1. The van der Waals surface area contributed by atoms with Gasteiger partial charge in [0.15, 0.2) is 4.45 Å². The molecule has 0 radical (unpaired) electrons. The van der Waals surface area contributed by atoms with Crippen molar-refractivity contribution in [3.8, 4) is 0 Å². The zero-order valence-electron chi connectivity index (χ0n) is 10.9. The lowest BCUT2D eigenvalue weighted by atomic mass is 9.77. The standard InChI is InChI=1S/C14H26BrN.BrH/c15-14(16,13-9-5-2-6-10-13)11-12-7-3-1-4-8-12;/h12-13H,1-11,16H2;1H. The number of halogens is 2. The van der Waals surface area contributed by atoms with E-state index in [1.807, 2.05) is 0 Å². The highest BCUT2D eigenvalue weighted by Gasteiger charge is 2.38. The molecule has 1 unspecified atom stereocenters. The Balaban J connectivity index is 0.00000144.